The van der Waals surface area contributed by atoms with Crippen molar-refractivity contribution >= 4 is 0 Å². The Morgan fingerprint density at radius 1 is 1.44 bits per heavy atom. The van der Waals surface area contributed by atoms with Crippen LogP contribution < -0.4 is 5.32 Å². The van der Waals surface area contributed by atoms with Crippen LogP contribution in [0.25, 0.3) is 0 Å². The summed E-state index contributed by atoms with van der Waals surface area (Å²) in [6, 6.07) is 3.70. The molecule has 1 saturated carbocycles. The maximum Gasteiger partial charge on any atom is 0.116 e. The van der Waals surface area contributed by atoms with Gasteiger partial charge in [-0.05, 0) is 53.2 Å². The summed E-state index contributed by atoms with van der Waals surface area (Å²) in [6.07, 6.45) is 5.06. The molecule has 0 spiro atoms. The molecular formula is C14H26N4. The van der Waals surface area contributed by atoms with E-state index < -0.39 is 5.54 Å². The lowest BCUT2D eigenvalue weighted by atomic mass is 10.0. The molecule has 0 aromatic heterocycles. The summed E-state index contributed by atoms with van der Waals surface area (Å²) in [4.78, 5) is 4.75. The normalized spacial score (nSPS) is 28.3. The fraction of sp³-hybridized carbons (Fsp3) is 0.929. The molecule has 0 radical (unpaired) electrons. The minimum absolute atomic E-state index is 0.396. The van der Waals surface area contributed by atoms with Crippen molar-refractivity contribution in [3.05, 3.63) is 0 Å². The molecule has 102 valence electrons. The standard InChI is InChI=1S/C14H26N4/c1-14(10-15,16-12-6-7-12)11-17(2)9-13-5-4-8-18(13)3/h12-13,16H,4-9,11H2,1-3H3. The second-order valence-corrected chi connectivity index (χ2v) is 6.34. The first-order chi connectivity index (χ1) is 8.52. The summed E-state index contributed by atoms with van der Waals surface area (Å²) in [6.45, 7) is 5.12. The fourth-order valence-corrected chi connectivity index (χ4v) is 2.97. The third-order valence-electron chi connectivity index (χ3n) is 4.13. The lowest BCUT2D eigenvalue weighted by Gasteiger charge is -2.32. The summed E-state index contributed by atoms with van der Waals surface area (Å²) in [5.74, 6) is 0. The molecule has 4 nitrogen and oxygen atoms in total. The molecule has 1 heterocycles. The van der Waals surface area contributed by atoms with Crippen molar-refractivity contribution in [3.8, 4) is 6.07 Å². The number of likely N-dealkylation sites (N-methyl/N-ethyl adjacent to an activating group) is 2. The summed E-state index contributed by atoms with van der Waals surface area (Å²) < 4.78 is 0. The summed E-state index contributed by atoms with van der Waals surface area (Å²) in [5.41, 5.74) is -0.396. The van der Waals surface area contributed by atoms with Gasteiger partial charge in [-0.2, -0.15) is 5.26 Å². The van der Waals surface area contributed by atoms with Gasteiger partial charge >= 0.3 is 0 Å². The predicted molar refractivity (Wildman–Crippen MR) is 73.3 cm³/mol. The fourth-order valence-electron chi connectivity index (χ4n) is 2.97. The maximum atomic E-state index is 9.37. The molecule has 0 aromatic rings. The minimum atomic E-state index is -0.396. The molecule has 2 fully saturated rings. The highest BCUT2D eigenvalue weighted by Crippen LogP contribution is 2.23. The van der Waals surface area contributed by atoms with Gasteiger partial charge < -0.3 is 9.80 Å². The van der Waals surface area contributed by atoms with Crippen molar-refractivity contribution in [2.75, 3.05) is 33.7 Å². The van der Waals surface area contributed by atoms with Crippen molar-refractivity contribution < 1.29 is 0 Å². The third kappa shape index (κ3) is 3.68. The first kappa shape index (κ1) is 13.8. The smallest absolute Gasteiger partial charge is 0.116 e. The Balaban J connectivity index is 1.81. The second kappa shape index (κ2) is 5.56. The van der Waals surface area contributed by atoms with E-state index >= 15 is 0 Å². The van der Waals surface area contributed by atoms with Gasteiger partial charge in [0.15, 0.2) is 0 Å². The molecule has 1 N–H and O–H groups in total. The van der Waals surface area contributed by atoms with Crippen LogP contribution in [0.4, 0.5) is 0 Å². The molecule has 4 heteroatoms. The van der Waals surface area contributed by atoms with E-state index in [2.05, 4.69) is 35.3 Å². The highest BCUT2D eigenvalue weighted by atomic mass is 15.2. The van der Waals surface area contributed by atoms with Crippen LogP contribution in [0.3, 0.4) is 0 Å². The second-order valence-electron chi connectivity index (χ2n) is 6.34. The van der Waals surface area contributed by atoms with E-state index in [1.165, 1.54) is 32.2 Å². The van der Waals surface area contributed by atoms with Crippen LogP contribution in [0.2, 0.25) is 0 Å². The number of nitrogens with zero attached hydrogens (tertiary/aromatic N) is 3. The quantitative estimate of drug-likeness (QED) is 0.765. The third-order valence-corrected chi connectivity index (χ3v) is 4.13. The van der Waals surface area contributed by atoms with Gasteiger partial charge in [0, 0.05) is 25.2 Å². The first-order valence-electron chi connectivity index (χ1n) is 7.10. The van der Waals surface area contributed by atoms with Gasteiger partial charge in [0.1, 0.15) is 5.54 Å². The lowest BCUT2D eigenvalue weighted by molar-refractivity contribution is 0.193. The Morgan fingerprint density at radius 2 is 2.17 bits per heavy atom. The van der Waals surface area contributed by atoms with Crippen LogP contribution in [0, 0.1) is 11.3 Å². The lowest BCUT2D eigenvalue weighted by Crippen LogP contribution is -2.52. The van der Waals surface area contributed by atoms with Crippen LogP contribution in [0.1, 0.15) is 32.6 Å². The monoisotopic (exact) mass is 250 g/mol. The zero-order valence-electron chi connectivity index (χ0n) is 11.9. The molecule has 1 aliphatic heterocycles. The van der Waals surface area contributed by atoms with Crippen LogP contribution in [-0.2, 0) is 0 Å². The largest absolute Gasteiger partial charge is 0.302 e. The zero-order valence-corrected chi connectivity index (χ0v) is 11.9. The summed E-state index contributed by atoms with van der Waals surface area (Å²) in [5, 5.41) is 12.8. The Kier molecular flexibility index (Phi) is 4.26. The van der Waals surface area contributed by atoms with Gasteiger partial charge in [0.2, 0.25) is 0 Å². The van der Waals surface area contributed by atoms with Gasteiger partial charge in [0.05, 0.1) is 6.07 Å². The van der Waals surface area contributed by atoms with Crippen molar-refractivity contribution in [1.82, 2.24) is 15.1 Å². The number of likely N-dealkylation sites (tertiary alicyclic amines) is 1. The van der Waals surface area contributed by atoms with E-state index in [1.54, 1.807) is 0 Å². The highest BCUT2D eigenvalue weighted by molar-refractivity contribution is 5.08. The Bertz CT molecular complexity index is 320. The Hall–Kier alpha value is -0.630. The van der Waals surface area contributed by atoms with Gasteiger partial charge in [-0.3, -0.25) is 5.32 Å². The summed E-state index contributed by atoms with van der Waals surface area (Å²) >= 11 is 0. The molecule has 2 unspecified atom stereocenters. The molecule has 18 heavy (non-hydrogen) atoms. The highest BCUT2D eigenvalue weighted by Gasteiger charge is 2.34. The van der Waals surface area contributed by atoms with Crippen LogP contribution in [-0.4, -0.2) is 61.2 Å². The van der Waals surface area contributed by atoms with Crippen LogP contribution >= 0.6 is 0 Å². The van der Waals surface area contributed by atoms with E-state index in [0.717, 1.165) is 13.1 Å². The van der Waals surface area contributed by atoms with E-state index in [0.29, 0.717) is 12.1 Å². The zero-order chi connectivity index (χ0) is 13.2. The summed E-state index contributed by atoms with van der Waals surface area (Å²) in [7, 11) is 4.34. The van der Waals surface area contributed by atoms with Crippen LogP contribution in [0.5, 0.6) is 0 Å². The Labute approximate surface area is 111 Å². The van der Waals surface area contributed by atoms with Crippen molar-refractivity contribution in [2.45, 2.75) is 50.2 Å². The number of hydrogen-bond donors (Lipinski definition) is 1. The van der Waals surface area contributed by atoms with Crippen molar-refractivity contribution in [2.24, 2.45) is 0 Å². The van der Waals surface area contributed by atoms with E-state index in [4.69, 9.17) is 0 Å². The first-order valence-corrected chi connectivity index (χ1v) is 7.10. The SMILES string of the molecule is CN(CC1CCCN1C)CC(C)(C#N)NC1CC1. The minimum Gasteiger partial charge on any atom is -0.302 e. The molecule has 0 bridgehead atoms. The van der Waals surface area contributed by atoms with Gasteiger partial charge in [-0.1, -0.05) is 0 Å². The molecule has 1 aliphatic carbocycles. The van der Waals surface area contributed by atoms with Crippen molar-refractivity contribution in [1.29, 1.82) is 5.26 Å². The predicted octanol–water partition coefficient (Wildman–Crippen LogP) is 1.05. The average Bonchev–Trinajstić information content (AvgIpc) is 3.02. The molecule has 2 atom stereocenters. The molecule has 0 aromatic carbocycles. The number of rotatable bonds is 6. The number of nitriles is 1. The number of nitrogens with one attached hydrogen (secondary N) is 1. The van der Waals surface area contributed by atoms with Gasteiger partial charge in [-0.15, -0.1) is 0 Å². The number of hydrogen-bond acceptors (Lipinski definition) is 4. The molecular weight excluding hydrogens is 224 g/mol. The maximum absolute atomic E-state index is 9.37. The molecule has 2 aliphatic rings. The average molecular weight is 250 g/mol. The van der Waals surface area contributed by atoms with Crippen LogP contribution in [0.15, 0.2) is 0 Å². The van der Waals surface area contributed by atoms with E-state index in [-0.39, 0.29) is 0 Å². The topological polar surface area (TPSA) is 42.3 Å². The molecule has 2 rings (SSSR count). The van der Waals surface area contributed by atoms with Gasteiger partial charge in [-0.25, -0.2) is 0 Å². The van der Waals surface area contributed by atoms with E-state index in [1.807, 2.05) is 6.92 Å². The molecule has 1 saturated heterocycles. The molecule has 0 amide bonds. The van der Waals surface area contributed by atoms with Gasteiger partial charge in [0.25, 0.3) is 0 Å². The van der Waals surface area contributed by atoms with E-state index in [9.17, 15) is 5.26 Å². The van der Waals surface area contributed by atoms with Crippen molar-refractivity contribution in [3.63, 3.8) is 0 Å². The Morgan fingerprint density at radius 3 is 2.67 bits per heavy atom.